The number of carboxylic acid groups (broad SMARTS) is 1. The molecule has 0 saturated carbocycles. The van der Waals surface area contributed by atoms with Crippen molar-refractivity contribution in [3.8, 4) is 11.3 Å². The fraction of sp³-hybridized carbons (Fsp3) is 0. The van der Waals surface area contributed by atoms with Crippen molar-refractivity contribution in [1.29, 1.82) is 0 Å². The van der Waals surface area contributed by atoms with E-state index in [1.807, 2.05) is 48.5 Å². The van der Waals surface area contributed by atoms with E-state index >= 15 is 0 Å². The van der Waals surface area contributed by atoms with Crippen molar-refractivity contribution in [1.82, 2.24) is 4.98 Å². The highest BCUT2D eigenvalue weighted by Crippen LogP contribution is 2.31. The highest BCUT2D eigenvalue weighted by Gasteiger charge is 2.11. The van der Waals surface area contributed by atoms with Crippen LogP contribution >= 0.6 is 15.9 Å². The summed E-state index contributed by atoms with van der Waals surface area (Å²) >= 11 is 3.37. The minimum absolute atomic E-state index is 0.143. The lowest BCUT2D eigenvalue weighted by Crippen LogP contribution is -2.22. The van der Waals surface area contributed by atoms with Crippen molar-refractivity contribution in [2.45, 2.75) is 0 Å². The summed E-state index contributed by atoms with van der Waals surface area (Å²) in [5.74, 6) is -1.21. The first kappa shape index (κ1) is 14.8. The number of carboxylic acids is 1. The van der Waals surface area contributed by atoms with Gasteiger partial charge >= 0.3 is 0 Å². The van der Waals surface area contributed by atoms with Gasteiger partial charge in [-0.1, -0.05) is 58.4 Å². The molecule has 3 nitrogen and oxygen atoms in total. The van der Waals surface area contributed by atoms with Gasteiger partial charge in [-0.3, -0.25) is 0 Å². The van der Waals surface area contributed by atoms with Crippen molar-refractivity contribution in [3.05, 3.63) is 76.8 Å². The van der Waals surface area contributed by atoms with Gasteiger partial charge in [0.2, 0.25) is 0 Å². The summed E-state index contributed by atoms with van der Waals surface area (Å²) < 4.78 is 0.803. The summed E-state index contributed by atoms with van der Waals surface area (Å²) in [7, 11) is 0. The van der Waals surface area contributed by atoms with E-state index in [2.05, 4.69) is 20.9 Å². The second kappa shape index (κ2) is 5.73. The zero-order valence-electron chi connectivity index (χ0n) is 12.5. The van der Waals surface area contributed by atoms with Crippen molar-refractivity contribution >= 4 is 43.6 Å². The molecule has 4 heteroatoms. The van der Waals surface area contributed by atoms with Crippen LogP contribution in [0.4, 0.5) is 0 Å². The predicted molar refractivity (Wildman–Crippen MR) is 96.7 cm³/mol. The van der Waals surface area contributed by atoms with Gasteiger partial charge in [-0.2, -0.15) is 0 Å². The van der Waals surface area contributed by atoms with Crippen LogP contribution in [0.1, 0.15) is 10.4 Å². The normalized spacial score (nSPS) is 11.0. The van der Waals surface area contributed by atoms with Crippen LogP contribution < -0.4 is 5.11 Å². The molecule has 0 radical (unpaired) electrons. The summed E-state index contributed by atoms with van der Waals surface area (Å²) in [4.78, 5) is 16.3. The first-order chi connectivity index (χ1) is 11.6. The van der Waals surface area contributed by atoms with Crippen LogP contribution in [-0.2, 0) is 0 Å². The Morgan fingerprint density at radius 2 is 1.71 bits per heavy atom. The van der Waals surface area contributed by atoms with E-state index in [0.717, 1.165) is 20.8 Å². The Morgan fingerprint density at radius 1 is 0.917 bits per heavy atom. The SMILES string of the molecule is O=C([O-])c1cc(-c2cccc3ccccc23)nc2ccc(Br)cc12. The third-order valence-corrected chi connectivity index (χ3v) is 4.55. The predicted octanol–water partition coefficient (Wildman–Crippen LogP) is 4.18. The zero-order chi connectivity index (χ0) is 16.7. The Balaban J connectivity index is 2.07. The standard InChI is InChI=1S/C20H12BrNO2/c21-13-8-9-18-16(10-13)17(20(23)24)11-19(22-18)15-7-3-5-12-4-1-2-6-14(12)15/h1-11H,(H,23,24)/p-1. The molecule has 0 aliphatic heterocycles. The average molecular weight is 377 g/mol. The minimum atomic E-state index is -1.21. The van der Waals surface area contributed by atoms with E-state index in [1.165, 1.54) is 0 Å². The Kier molecular flexibility index (Phi) is 3.54. The molecule has 116 valence electrons. The molecule has 0 aliphatic rings. The first-order valence-corrected chi connectivity index (χ1v) is 8.22. The van der Waals surface area contributed by atoms with Crippen LogP contribution in [0.3, 0.4) is 0 Å². The summed E-state index contributed by atoms with van der Waals surface area (Å²) in [6, 6.07) is 20.9. The van der Waals surface area contributed by atoms with Crippen LogP contribution in [0, 0.1) is 0 Å². The van der Waals surface area contributed by atoms with Crippen molar-refractivity contribution in [2.75, 3.05) is 0 Å². The van der Waals surface area contributed by atoms with Gasteiger partial charge in [-0.05, 0) is 35.0 Å². The molecular formula is C20H11BrNO2-. The fourth-order valence-electron chi connectivity index (χ4n) is 2.95. The largest absolute Gasteiger partial charge is 0.545 e. The Hall–Kier alpha value is -2.72. The first-order valence-electron chi connectivity index (χ1n) is 7.43. The van der Waals surface area contributed by atoms with Gasteiger partial charge in [-0.25, -0.2) is 4.98 Å². The maximum absolute atomic E-state index is 11.6. The second-order valence-corrected chi connectivity index (χ2v) is 6.45. The van der Waals surface area contributed by atoms with Gasteiger partial charge in [0.15, 0.2) is 0 Å². The fourth-order valence-corrected chi connectivity index (χ4v) is 3.31. The maximum Gasteiger partial charge on any atom is 0.0722 e. The molecule has 1 heterocycles. The van der Waals surface area contributed by atoms with Crippen molar-refractivity contribution in [2.24, 2.45) is 0 Å². The molecule has 0 atom stereocenters. The van der Waals surface area contributed by atoms with Crippen LogP contribution in [0.2, 0.25) is 0 Å². The lowest BCUT2D eigenvalue weighted by atomic mass is 9.99. The third-order valence-electron chi connectivity index (χ3n) is 4.06. The van der Waals surface area contributed by atoms with Crippen LogP contribution in [0.15, 0.2) is 71.2 Å². The molecule has 0 aliphatic carbocycles. The van der Waals surface area contributed by atoms with E-state index in [1.54, 1.807) is 18.2 Å². The molecule has 24 heavy (non-hydrogen) atoms. The summed E-state index contributed by atoms with van der Waals surface area (Å²) in [5, 5.41) is 14.3. The van der Waals surface area contributed by atoms with Gasteiger partial charge in [0, 0.05) is 21.0 Å². The zero-order valence-corrected chi connectivity index (χ0v) is 14.1. The van der Waals surface area contributed by atoms with Gasteiger partial charge in [-0.15, -0.1) is 0 Å². The lowest BCUT2D eigenvalue weighted by Gasteiger charge is -2.12. The van der Waals surface area contributed by atoms with Crippen molar-refractivity contribution < 1.29 is 9.90 Å². The Morgan fingerprint density at radius 3 is 2.54 bits per heavy atom. The van der Waals surface area contributed by atoms with Gasteiger partial charge in [0.05, 0.1) is 17.2 Å². The van der Waals surface area contributed by atoms with Gasteiger partial charge in [0.1, 0.15) is 0 Å². The number of aromatic nitrogens is 1. The summed E-state index contributed by atoms with van der Waals surface area (Å²) in [6.45, 7) is 0. The molecule has 0 N–H and O–H groups in total. The molecule has 0 saturated heterocycles. The number of hydrogen-bond donors (Lipinski definition) is 0. The van der Waals surface area contributed by atoms with Crippen LogP contribution in [0.25, 0.3) is 32.9 Å². The number of halogens is 1. The molecule has 0 unspecified atom stereocenters. The van der Waals surface area contributed by atoms with E-state index in [0.29, 0.717) is 16.6 Å². The van der Waals surface area contributed by atoms with Crippen LogP contribution in [0.5, 0.6) is 0 Å². The molecule has 0 amide bonds. The second-order valence-electron chi connectivity index (χ2n) is 5.53. The monoisotopic (exact) mass is 376 g/mol. The topological polar surface area (TPSA) is 53.0 Å². The number of benzene rings is 3. The molecule has 0 bridgehead atoms. The molecule has 4 aromatic rings. The number of carbonyl (C=O) groups excluding carboxylic acids is 1. The number of carbonyl (C=O) groups is 1. The summed E-state index contributed by atoms with van der Waals surface area (Å²) in [5.41, 5.74) is 2.30. The number of pyridine rings is 1. The van der Waals surface area contributed by atoms with E-state index in [4.69, 9.17) is 0 Å². The van der Waals surface area contributed by atoms with Gasteiger partial charge < -0.3 is 9.90 Å². The van der Waals surface area contributed by atoms with E-state index in [-0.39, 0.29) is 5.56 Å². The lowest BCUT2D eigenvalue weighted by molar-refractivity contribution is -0.254. The highest BCUT2D eigenvalue weighted by molar-refractivity contribution is 9.10. The molecular weight excluding hydrogens is 366 g/mol. The van der Waals surface area contributed by atoms with Crippen molar-refractivity contribution in [3.63, 3.8) is 0 Å². The van der Waals surface area contributed by atoms with Crippen LogP contribution in [-0.4, -0.2) is 11.0 Å². The smallest absolute Gasteiger partial charge is 0.0722 e. The number of nitrogens with zero attached hydrogens (tertiary/aromatic N) is 1. The molecule has 0 fully saturated rings. The minimum Gasteiger partial charge on any atom is -0.545 e. The highest BCUT2D eigenvalue weighted by atomic mass is 79.9. The Bertz CT molecular complexity index is 1100. The maximum atomic E-state index is 11.6. The number of rotatable bonds is 2. The molecule has 4 rings (SSSR count). The number of fused-ring (bicyclic) bond motifs is 2. The number of aromatic carboxylic acids is 1. The molecule has 3 aromatic carbocycles. The van der Waals surface area contributed by atoms with Gasteiger partial charge in [0.25, 0.3) is 0 Å². The Labute approximate surface area is 146 Å². The quantitative estimate of drug-likeness (QED) is 0.527. The van der Waals surface area contributed by atoms with E-state index < -0.39 is 5.97 Å². The average Bonchev–Trinajstić information content (AvgIpc) is 2.60. The van der Waals surface area contributed by atoms with E-state index in [9.17, 15) is 9.90 Å². The third kappa shape index (κ3) is 2.45. The molecule has 0 spiro atoms. The summed E-state index contributed by atoms with van der Waals surface area (Å²) in [6.07, 6.45) is 0. The number of hydrogen-bond acceptors (Lipinski definition) is 3. The molecule has 1 aromatic heterocycles.